The number of carboxylic acid groups (broad SMARTS) is 1. The minimum atomic E-state index is -4.71. The fourth-order valence-electron chi connectivity index (χ4n) is 3.27. The molecule has 0 aliphatic carbocycles. The molecule has 0 aliphatic rings. The Balaban J connectivity index is 2.07. The Kier molecular flexibility index (Phi) is 6.11. The molecule has 0 atom stereocenters. The van der Waals surface area contributed by atoms with Crippen molar-refractivity contribution in [3.8, 4) is 11.5 Å². The van der Waals surface area contributed by atoms with Gasteiger partial charge in [0.15, 0.2) is 11.6 Å². The summed E-state index contributed by atoms with van der Waals surface area (Å²) in [6, 6.07) is 6.26. The van der Waals surface area contributed by atoms with Gasteiger partial charge in [-0.25, -0.2) is 4.39 Å². The molecule has 1 N–H and O–H groups in total. The zero-order valence-corrected chi connectivity index (χ0v) is 16.7. The highest BCUT2D eigenvalue weighted by Gasteiger charge is 2.44. The number of hydrogen-bond acceptors (Lipinski definition) is 4. The summed E-state index contributed by atoms with van der Waals surface area (Å²) in [5.41, 5.74) is 0.503. The number of carboxylic acids is 1. The number of ether oxygens (including phenoxy) is 2. The van der Waals surface area contributed by atoms with E-state index in [9.17, 15) is 36.6 Å². The first-order valence-electron chi connectivity index (χ1n) is 9.05. The molecule has 0 bridgehead atoms. The van der Waals surface area contributed by atoms with Gasteiger partial charge in [0.25, 0.3) is 5.91 Å². The largest absolute Gasteiger partial charge is 0.494 e. The first kappa shape index (κ1) is 23.0. The molecule has 3 aromatic rings. The summed E-state index contributed by atoms with van der Waals surface area (Å²) in [6.45, 7) is 1.47. The van der Waals surface area contributed by atoms with Gasteiger partial charge in [0, 0.05) is 22.7 Å². The van der Waals surface area contributed by atoms with Gasteiger partial charge in [-0.15, -0.1) is 0 Å². The van der Waals surface area contributed by atoms with Crippen LogP contribution in [0.25, 0.3) is 10.9 Å². The Morgan fingerprint density at radius 1 is 1.16 bits per heavy atom. The Labute approximate surface area is 177 Å². The van der Waals surface area contributed by atoms with Gasteiger partial charge in [-0.05, 0) is 42.8 Å². The Hall–Kier alpha value is -3.63. The minimum Gasteiger partial charge on any atom is -0.494 e. The van der Waals surface area contributed by atoms with E-state index in [1.165, 1.54) is 20.1 Å². The number of benzene rings is 2. The maximum atomic E-state index is 14.3. The second-order valence-electron chi connectivity index (χ2n) is 6.77. The van der Waals surface area contributed by atoms with E-state index in [1.54, 1.807) is 0 Å². The average Bonchev–Trinajstić information content (AvgIpc) is 2.97. The lowest BCUT2D eigenvalue weighted by molar-refractivity contribution is -0.253. The number of fused-ring (bicyclic) bond motifs is 1. The van der Waals surface area contributed by atoms with Crippen LogP contribution in [0, 0.1) is 12.7 Å². The van der Waals surface area contributed by atoms with Crippen LogP contribution in [0.4, 0.5) is 22.0 Å². The lowest BCUT2D eigenvalue weighted by Gasteiger charge is -2.17. The van der Waals surface area contributed by atoms with Crippen molar-refractivity contribution < 1.29 is 46.1 Å². The third-order valence-electron chi connectivity index (χ3n) is 4.75. The normalized spacial score (nSPS) is 11.8. The summed E-state index contributed by atoms with van der Waals surface area (Å²) < 4.78 is 75.0. The number of carbonyl (C=O) groups excluding carboxylic acids is 1. The van der Waals surface area contributed by atoms with E-state index in [0.717, 1.165) is 34.9 Å². The van der Waals surface area contributed by atoms with Gasteiger partial charge in [-0.1, -0.05) is 0 Å². The number of halogens is 5. The zero-order valence-electron chi connectivity index (χ0n) is 16.7. The van der Waals surface area contributed by atoms with E-state index >= 15 is 0 Å². The minimum absolute atomic E-state index is 0.0594. The number of alkyl halides is 4. The summed E-state index contributed by atoms with van der Waals surface area (Å²) >= 11 is 0. The van der Waals surface area contributed by atoms with Crippen molar-refractivity contribution in [3.63, 3.8) is 0 Å². The molecule has 3 rings (SSSR count). The maximum absolute atomic E-state index is 14.3. The molecule has 0 spiro atoms. The molecule has 0 aliphatic heterocycles. The molecule has 0 amide bonds. The van der Waals surface area contributed by atoms with Crippen LogP contribution in [0.2, 0.25) is 0 Å². The van der Waals surface area contributed by atoms with Crippen LogP contribution in [-0.2, 0) is 11.2 Å². The highest BCUT2D eigenvalue weighted by molar-refractivity contribution is 6.05. The Bertz CT molecular complexity index is 1190. The number of carbonyl (C=O) groups is 2. The summed E-state index contributed by atoms with van der Waals surface area (Å²) in [6.07, 6.45) is -9.20. The monoisotopic (exact) mass is 457 g/mol. The zero-order chi connectivity index (χ0) is 23.8. The van der Waals surface area contributed by atoms with E-state index in [1.807, 2.05) is 0 Å². The van der Waals surface area contributed by atoms with Crippen molar-refractivity contribution in [1.29, 1.82) is 0 Å². The van der Waals surface area contributed by atoms with E-state index in [2.05, 4.69) is 4.74 Å². The van der Waals surface area contributed by atoms with Gasteiger partial charge in [-0.3, -0.25) is 14.2 Å². The van der Waals surface area contributed by atoms with Crippen LogP contribution in [0.15, 0.2) is 36.4 Å². The van der Waals surface area contributed by atoms with Crippen LogP contribution < -0.4 is 9.47 Å². The number of aromatic nitrogens is 1. The molecule has 2 aromatic carbocycles. The van der Waals surface area contributed by atoms with Gasteiger partial charge in [0.05, 0.1) is 19.0 Å². The first-order valence-corrected chi connectivity index (χ1v) is 9.05. The Morgan fingerprint density at radius 3 is 2.31 bits per heavy atom. The lowest BCUT2D eigenvalue weighted by atomic mass is 10.1. The van der Waals surface area contributed by atoms with Gasteiger partial charge < -0.3 is 14.6 Å². The average molecular weight is 457 g/mol. The second-order valence-corrected chi connectivity index (χ2v) is 6.77. The summed E-state index contributed by atoms with van der Waals surface area (Å²) in [4.78, 5) is 24.4. The number of hydrogen-bond donors (Lipinski definition) is 1. The van der Waals surface area contributed by atoms with Gasteiger partial charge >= 0.3 is 18.5 Å². The fourth-order valence-corrected chi connectivity index (χ4v) is 3.27. The van der Waals surface area contributed by atoms with Crippen LogP contribution >= 0.6 is 0 Å². The molecule has 1 aromatic heterocycles. The number of rotatable bonds is 7. The van der Waals surface area contributed by atoms with E-state index in [0.29, 0.717) is 0 Å². The summed E-state index contributed by atoms with van der Waals surface area (Å²) in [5, 5.41) is 9.52. The Morgan fingerprint density at radius 2 is 1.78 bits per heavy atom. The highest BCUT2D eigenvalue weighted by atomic mass is 19.3. The van der Waals surface area contributed by atoms with Crippen LogP contribution in [0.3, 0.4) is 0 Å². The molecular formula is C21H16F5NO5. The second kappa shape index (κ2) is 8.48. The van der Waals surface area contributed by atoms with Gasteiger partial charge in [-0.2, -0.15) is 17.6 Å². The summed E-state index contributed by atoms with van der Waals surface area (Å²) in [7, 11) is 1.23. The van der Waals surface area contributed by atoms with Crippen LogP contribution in [0.1, 0.15) is 21.6 Å². The standard InChI is InChI=1S/C21H16F5NO5/c1-10-13(8-18(28)29)14-7-17(31-2)15(22)9-16(14)27(10)19(30)11-3-5-12(6-4-11)32-21(25,26)20(23)24/h3-7,9,20H,8H2,1-2H3,(H,28,29). The molecule has 11 heteroatoms. The fraction of sp³-hybridized carbons (Fsp3) is 0.238. The van der Waals surface area contributed by atoms with Crippen molar-refractivity contribution in [3.05, 3.63) is 59.0 Å². The van der Waals surface area contributed by atoms with Crippen molar-refractivity contribution >= 4 is 22.8 Å². The molecular weight excluding hydrogens is 441 g/mol. The smallest absolute Gasteiger partial charge is 0.461 e. The third-order valence-corrected chi connectivity index (χ3v) is 4.75. The maximum Gasteiger partial charge on any atom is 0.461 e. The summed E-state index contributed by atoms with van der Waals surface area (Å²) in [5.74, 6) is -3.42. The molecule has 0 unspecified atom stereocenters. The molecule has 170 valence electrons. The quantitative estimate of drug-likeness (QED) is 0.523. The lowest BCUT2D eigenvalue weighted by Crippen LogP contribution is -2.33. The van der Waals surface area contributed by atoms with E-state index < -0.39 is 42.4 Å². The predicted octanol–water partition coefficient (Wildman–Crippen LogP) is 4.65. The molecule has 32 heavy (non-hydrogen) atoms. The molecule has 0 saturated carbocycles. The molecule has 1 heterocycles. The highest BCUT2D eigenvalue weighted by Crippen LogP contribution is 2.33. The van der Waals surface area contributed by atoms with Crippen molar-refractivity contribution in [2.45, 2.75) is 25.9 Å². The number of aliphatic carboxylic acids is 1. The van der Waals surface area contributed by atoms with Gasteiger partial charge in [0.1, 0.15) is 5.75 Å². The molecule has 6 nitrogen and oxygen atoms in total. The van der Waals surface area contributed by atoms with Crippen LogP contribution in [-0.4, -0.2) is 41.2 Å². The van der Waals surface area contributed by atoms with E-state index in [4.69, 9.17) is 4.74 Å². The van der Waals surface area contributed by atoms with Gasteiger partial charge in [0.2, 0.25) is 0 Å². The third kappa shape index (κ3) is 4.23. The molecule has 0 saturated heterocycles. The SMILES string of the molecule is COc1cc2c(CC(=O)O)c(C)n(C(=O)c3ccc(OC(F)(F)C(F)F)cc3)c2cc1F. The van der Waals surface area contributed by atoms with Crippen molar-refractivity contribution in [1.82, 2.24) is 4.57 Å². The van der Waals surface area contributed by atoms with E-state index in [-0.39, 0.29) is 33.5 Å². The molecule has 0 radical (unpaired) electrons. The number of methoxy groups -OCH3 is 1. The first-order chi connectivity index (χ1) is 15.0. The number of nitrogens with zero attached hydrogens (tertiary/aromatic N) is 1. The van der Waals surface area contributed by atoms with Crippen LogP contribution in [0.5, 0.6) is 11.5 Å². The predicted molar refractivity (Wildman–Crippen MR) is 102 cm³/mol. The van der Waals surface area contributed by atoms with Crippen molar-refractivity contribution in [2.24, 2.45) is 0 Å². The van der Waals surface area contributed by atoms with Crippen molar-refractivity contribution in [2.75, 3.05) is 7.11 Å². The topological polar surface area (TPSA) is 77.8 Å². The molecule has 0 fully saturated rings.